The molecule has 2 aromatic heterocycles. The van der Waals surface area contributed by atoms with Crippen LogP contribution in [-0.2, 0) is 95.0 Å². The summed E-state index contributed by atoms with van der Waals surface area (Å²) in [6.07, 6.45) is 12.3. The predicted octanol–water partition coefficient (Wildman–Crippen LogP) is 14.7. The molecule has 0 spiro atoms. The fourth-order valence-corrected chi connectivity index (χ4v) is 27.3. The predicted molar refractivity (Wildman–Crippen MR) is 482 cm³/mol. The van der Waals surface area contributed by atoms with Gasteiger partial charge in [0, 0.05) is 90.5 Å². The van der Waals surface area contributed by atoms with E-state index in [9.17, 15) is 14.4 Å². The number of ketones is 2. The maximum absolute atomic E-state index is 15.2. The molecule has 0 radical (unpaired) electrons. The minimum absolute atomic E-state index is 0. The molecule has 10 heterocycles. The maximum Gasteiger partial charge on any atom is 0.306 e. The maximum atomic E-state index is 15.2. The number of allylic oxidation sites excluding steroid dienone is 4. The van der Waals surface area contributed by atoms with Crippen LogP contribution in [0.15, 0.2) is 71.8 Å². The summed E-state index contributed by atoms with van der Waals surface area (Å²) < 4.78 is 103. The van der Waals surface area contributed by atoms with E-state index >= 15 is 4.79 Å². The van der Waals surface area contributed by atoms with E-state index in [0.29, 0.717) is 53.2 Å². The lowest BCUT2D eigenvalue weighted by Crippen LogP contribution is -2.59. The van der Waals surface area contributed by atoms with Crippen LogP contribution in [0.2, 0.25) is 4.47 Å². The van der Waals surface area contributed by atoms with Gasteiger partial charge >= 0.3 is 11.9 Å². The normalized spacial score (nSPS) is 42.8. The van der Waals surface area contributed by atoms with E-state index in [1.54, 1.807) is 54.0 Å². The van der Waals surface area contributed by atoms with Crippen molar-refractivity contribution in [3.05, 3.63) is 76.3 Å². The van der Waals surface area contributed by atoms with E-state index in [1.165, 1.54) is 11.3 Å². The van der Waals surface area contributed by atoms with Crippen LogP contribution in [0.4, 0.5) is 5.13 Å². The number of para-hydroxylation sites is 2. The molecule has 2 aromatic carbocycles. The van der Waals surface area contributed by atoms with Gasteiger partial charge in [0.15, 0.2) is 46.3 Å². The van der Waals surface area contributed by atoms with Crippen LogP contribution in [0.3, 0.4) is 0 Å². The number of anilines is 1. The van der Waals surface area contributed by atoms with Gasteiger partial charge in [0.2, 0.25) is 0 Å². The highest BCUT2D eigenvalue weighted by molar-refractivity contribution is 7.22. The van der Waals surface area contributed by atoms with Crippen LogP contribution in [0, 0.1) is 71.0 Å². The highest BCUT2D eigenvalue weighted by Crippen LogP contribution is 2.66. The zero-order valence-corrected chi connectivity index (χ0v) is 78.9. The molecule has 0 amide bonds. The number of hydrogen-bond donors (Lipinski definition) is 1. The number of nitrogens with one attached hydrogen (secondary N) is 1. The van der Waals surface area contributed by atoms with Gasteiger partial charge in [-0.25, -0.2) is 9.97 Å². The number of aromatic nitrogens is 2. The van der Waals surface area contributed by atoms with Gasteiger partial charge in [-0.1, -0.05) is 94.5 Å². The Balaban J connectivity index is 0.000000175. The molecule has 1 N–H and O–H groups in total. The highest BCUT2D eigenvalue weighted by atomic mass is 35.5. The standard InChI is InChI=1S/C48H69N3O10S.C41H66N2O10.C7H4ClNS.CH4/c1-10-27-14-13-16-36(61-39-19-18-35(50(5)6)25(3)57-39)24(2)43(53)33-22-30-29-20-28(60-47-46(56-9)45(55-8)44(54-7)26(4)58-47)21-32(29)41-42(40(30)31(33)23-38(52)59-27)51(41)48-49-34-15-11-12-17-37(34)62-48;1-10-23-12-11-13-31(53-33-15-14-30(43(5)6)21(3)49-33)20(2)37(45)29-18-26-25-16-24(52-41-40(48-9)39(47-8)38(46-7)22(4)50-41)17-28(25)35-36(42-35)34(26)27(29)19-32(44)51-23;8-7-9-5-3-1-2-4-6(5)10-7;/h11-12,15,17,22,24-32,35-36,39-42,44-47H,10,13-14,16,18-21,23H2,1-9H3;18,20-28,30-31,33-36,38-42H,10-17,19H2,1-9H3;1-4H;1H4/t24-,25?,26?,27+,28+,29+,30+,31-,32-,35+,36+,39+,40-,41+,42-,44+,45?,46+,47+,51?;20-,21?,22?,23+,24+,25+,26+,27-,28-,30+,31+,33+,34-,35+,36-,38+,39?,40+,41+;;/m11../s1. The molecule has 38 atom stereocenters. The summed E-state index contributed by atoms with van der Waals surface area (Å²) in [5.41, 5.74) is 3.54. The van der Waals surface area contributed by atoms with E-state index in [2.05, 4.69) is 111 Å². The van der Waals surface area contributed by atoms with Gasteiger partial charge in [0.05, 0.1) is 94.2 Å². The van der Waals surface area contributed by atoms with Crippen molar-refractivity contribution in [3.8, 4) is 0 Å². The number of methoxy groups -OCH3 is 6. The monoisotopic (exact) mass is 1810 g/mol. The van der Waals surface area contributed by atoms with E-state index in [0.717, 1.165) is 127 Å². The Morgan fingerprint density at radius 2 is 0.921 bits per heavy atom. The number of rotatable bonds is 19. The Morgan fingerprint density at radius 1 is 0.484 bits per heavy atom. The van der Waals surface area contributed by atoms with Crippen molar-refractivity contribution in [2.75, 3.05) is 75.7 Å². The van der Waals surface area contributed by atoms with Crippen molar-refractivity contribution in [1.29, 1.82) is 0 Å². The van der Waals surface area contributed by atoms with Crippen LogP contribution in [0.5, 0.6) is 0 Å². The molecule has 700 valence electrons. The number of carbonyl (C=O) groups excluding carboxylic acids is 4. The number of likely N-dealkylation sites (N-methyl/N-ethyl adjacent to an activating group) is 2. The smallest absolute Gasteiger partial charge is 0.306 e. The average Bonchev–Trinajstić information content (AvgIpc) is 1.51. The summed E-state index contributed by atoms with van der Waals surface area (Å²) in [4.78, 5) is 74.0. The first kappa shape index (κ1) is 96.0. The van der Waals surface area contributed by atoms with Crippen molar-refractivity contribution >= 4 is 83.3 Å². The number of halogens is 1. The third-order valence-electron chi connectivity index (χ3n) is 31.4. The van der Waals surface area contributed by atoms with E-state index in [1.807, 2.05) is 58.0 Å². The number of fused-ring (bicyclic) bond motifs is 18. The van der Waals surface area contributed by atoms with Gasteiger partial charge in [0.1, 0.15) is 48.8 Å². The zero-order chi connectivity index (χ0) is 88.2. The first-order chi connectivity index (χ1) is 60.3. The quantitative estimate of drug-likeness (QED) is 0.0674. The molecular formula is C97H143ClN6O20S2. The number of thiazole rings is 2. The van der Waals surface area contributed by atoms with E-state index in [4.69, 9.17) is 92.4 Å². The number of ether oxygens (including phenoxy) is 16. The lowest BCUT2D eigenvalue weighted by Gasteiger charge is -2.44. The molecule has 4 aromatic rings. The first-order valence-corrected chi connectivity index (χ1v) is 48.8. The fourth-order valence-electron chi connectivity index (χ4n) is 25.2. The number of hydrogen-bond acceptors (Lipinski definition) is 28. The Labute approximate surface area is 759 Å². The largest absolute Gasteiger partial charge is 0.462 e. The number of esters is 2. The molecule has 6 aliphatic carbocycles. The Morgan fingerprint density at radius 3 is 1.37 bits per heavy atom. The van der Waals surface area contributed by atoms with Crippen LogP contribution >= 0.6 is 34.3 Å². The lowest BCUT2D eigenvalue weighted by molar-refractivity contribution is -0.314. The molecule has 26 nitrogen and oxygen atoms in total. The molecule has 8 aliphatic heterocycles. The molecule has 18 rings (SSSR count). The zero-order valence-electron chi connectivity index (χ0n) is 76.5. The van der Waals surface area contributed by atoms with Gasteiger partial charge in [-0.3, -0.25) is 19.2 Å². The van der Waals surface area contributed by atoms with Crippen LogP contribution in [0.1, 0.15) is 178 Å². The van der Waals surface area contributed by atoms with Crippen molar-refractivity contribution in [2.24, 2.45) is 71.0 Å². The number of carbonyl (C=O) groups is 4. The molecule has 6 unspecified atom stereocenters. The minimum atomic E-state index is -0.634. The van der Waals surface area contributed by atoms with Gasteiger partial charge < -0.3 is 95.8 Å². The van der Waals surface area contributed by atoms with Gasteiger partial charge in [-0.2, -0.15) is 0 Å². The second-order valence-electron chi connectivity index (χ2n) is 38.7. The summed E-state index contributed by atoms with van der Waals surface area (Å²) >= 11 is 8.92. The summed E-state index contributed by atoms with van der Waals surface area (Å²) in [5, 5.41) is 4.83. The molecule has 12 fully saturated rings. The molecule has 29 heteroatoms. The number of cyclic esters (lactones) is 2. The van der Waals surface area contributed by atoms with Gasteiger partial charge in [-0.15, -0.1) is 11.3 Å². The molecule has 8 saturated heterocycles. The van der Waals surface area contributed by atoms with Gasteiger partial charge in [-0.05, 0) is 241 Å². The molecule has 126 heavy (non-hydrogen) atoms. The van der Waals surface area contributed by atoms with Crippen molar-refractivity contribution in [2.45, 2.75) is 337 Å². The second kappa shape index (κ2) is 41.5. The molecule has 0 bridgehead atoms. The van der Waals surface area contributed by atoms with E-state index < -0.39 is 30.7 Å². The molecular weight excluding hydrogens is 1670 g/mol. The molecule has 14 aliphatic rings. The Bertz CT molecular complexity index is 4340. The number of benzene rings is 2. The van der Waals surface area contributed by atoms with E-state index in [-0.39, 0.29) is 207 Å². The summed E-state index contributed by atoms with van der Waals surface area (Å²) in [6, 6.07) is 17.8. The molecule has 4 saturated carbocycles. The fraction of sp³-hybridized carbons (Fsp3) is 0.773. The summed E-state index contributed by atoms with van der Waals surface area (Å²) in [7, 11) is 18.4. The van der Waals surface area contributed by atoms with Crippen molar-refractivity contribution < 1.29 is 95.0 Å². The minimum Gasteiger partial charge on any atom is -0.462 e. The first-order valence-electron chi connectivity index (χ1n) is 46.8. The average molecular weight is 1810 g/mol. The second-order valence-corrected chi connectivity index (χ2v) is 41.4. The van der Waals surface area contributed by atoms with Crippen molar-refractivity contribution in [1.82, 2.24) is 25.1 Å². The van der Waals surface area contributed by atoms with Crippen LogP contribution < -0.4 is 10.2 Å². The highest BCUT2D eigenvalue weighted by Gasteiger charge is 2.71. The summed E-state index contributed by atoms with van der Waals surface area (Å²) in [6.45, 7) is 16.4. The Kier molecular flexibility index (Phi) is 31.6. The van der Waals surface area contributed by atoms with Crippen molar-refractivity contribution in [3.63, 3.8) is 0 Å². The summed E-state index contributed by atoms with van der Waals surface area (Å²) in [5.74, 6) is 0.237. The van der Waals surface area contributed by atoms with Crippen LogP contribution in [-0.4, -0.2) is 273 Å². The topological polar surface area (TPSA) is 273 Å². The van der Waals surface area contributed by atoms with Crippen LogP contribution in [0.25, 0.3) is 20.4 Å². The number of nitrogens with zero attached hydrogens (tertiary/aromatic N) is 5. The van der Waals surface area contributed by atoms with Gasteiger partial charge in [0.25, 0.3) is 0 Å². The lowest BCUT2D eigenvalue weighted by atomic mass is 9.66. The SMILES string of the molecule is C.CC[C@H]1CCC[C@H](O[C@H]2CC[C@H](N(C)C)C(C)O2)[C@@H](C)C(=O)C2=C[C@H]3[C@@H]4C[C@H](O[C@@H]5OC(C)[C@H](OC)C(OC)[C@@H]5OC)C[C@H]4[C@@H]4N[C@@H]4[C@H]3[C@@H]2CC(=O)O1.CC[C@H]1CCC[C@H](O[C@H]2CC[C@H](N(C)C)C(C)O2)[C@@H](C)C(=O)C2=C[C@H]3[C@@H]4C[C@H](O[C@@H]5OC(C)[C@H](OC)C(OC)[C@@H]5OC)C[C@H]4[C@H]4[C@@H]([C@H]3[C@@H]2CC(=O)O1)N4c1nc2ccccc2s1.Clc1nc2ccccc2s1. The number of Topliss-reactive ketones (excluding diaryl/α,β-unsaturated/α-hetero) is 2. The third kappa shape index (κ3) is 19.7. The third-order valence-corrected chi connectivity index (χ3v) is 33.6. The Hall–Kier alpha value is -4.61.